The average molecular weight is 327 g/mol. The van der Waals surface area contributed by atoms with E-state index in [1.807, 2.05) is 4.90 Å². The van der Waals surface area contributed by atoms with Gasteiger partial charge in [0.05, 0.1) is 12.0 Å². The van der Waals surface area contributed by atoms with Gasteiger partial charge in [-0.1, -0.05) is 0 Å². The Morgan fingerprint density at radius 2 is 1.92 bits per heavy atom. The summed E-state index contributed by atoms with van der Waals surface area (Å²) < 4.78 is 1.72. The van der Waals surface area contributed by atoms with Gasteiger partial charge in [0, 0.05) is 44.0 Å². The Balaban J connectivity index is 1.39. The fourth-order valence-electron chi connectivity index (χ4n) is 3.35. The predicted molar refractivity (Wildman–Crippen MR) is 90.3 cm³/mol. The molecule has 0 bridgehead atoms. The van der Waals surface area contributed by atoms with Gasteiger partial charge in [-0.2, -0.15) is 0 Å². The van der Waals surface area contributed by atoms with Gasteiger partial charge in [0.15, 0.2) is 5.82 Å². The second-order valence-corrected chi connectivity index (χ2v) is 6.75. The maximum Gasteiger partial charge on any atom is 0.290 e. The highest BCUT2D eigenvalue weighted by Crippen LogP contribution is 2.38. The van der Waals surface area contributed by atoms with Crippen LogP contribution in [0.3, 0.4) is 0 Å². The molecule has 4 rings (SSSR count). The first-order chi connectivity index (χ1) is 11.7. The van der Waals surface area contributed by atoms with Crippen LogP contribution in [0.1, 0.15) is 37.3 Å². The second-order valence-electron chi connectivity index (χ2n) is 6.75. The van der Waals surface area contributed by atoms with E-state index in [0.717, 1.165) is 44.5 Å². The molecule has 2 aromatic heterocycles. The zero-order valence-corrected chi connectivity index (χ0v) is 13.5. The lowest BCUT2D eigenvalue weighted by molar-refractivity contribution is 0.349. The fraction of sp³-hybridized carbons (Fsp3) is 0.529. The molecule has 7 nitrogen and oxygen atoms in total. The van der Waals surface area contributed by atoms with Crippen molar-refractivity contribution in [2.24, 2.45) is 5.92 Å². The van der Waals surface area contributed by atoms with E-state index >= 15 is 0 Å². The topological polar surface area (TPSA) is 83.9 Å². The summed E-state index contributed by atoms with van der Waals surface area (Å²) in [5.41, 5.74) is 0.850. The predicted octanol–water partition coefficient (Wildman–Crippen LogP) is 1.12. The second kappa shape index (κ2) is 6.22. The van der Waals surface area contributed by atoms with Crippen LogP contribution in [-0.4, -0.2) is 32.6 Å². The molecule has 0 spiro atoms. The number of rotatable bonds is 4. The van der Waals surface area contributed by atoms with Crippen LogP contribution in [-0.2, 0) is 6.54 Å². The Bertz CT molecular complexity index is 831. The highest BCUT2D eigenvalue weighted by atomic mass is 16.1. The highest BCUT2D eigenvalue weighted by Gasteiger charge is 2.26. The SMILES string of the molecule is O=c1[nH]ccnc1N1CCC(Cn2cnc(C3CC3)cc2=O)CC1. The molecule has 0 radical (unpaired) electrons. The largest absolute Gasteiger partial charge is 0.352 e. The third-order valence-corrected chi connectivity index (χ3v) is 4.95. The van der Waals surface area contributed by atoms with Gasteiger partial charge >= 0.3 is 0 Å². The quantitative estimate of drug-likeness (QED) is 0.910. The molecule has 1 N–H and O–H groups in total. The Kier molecular flexibility index (Phi) is 3.92. The van der Waals surface area contributed by atoms with E-state index in [1.54, 1.807) is 29.4 Å². The van der Waals surface area contributed by atoms with E-state index in [0.29, 0.717) is 24.2 Å². The molecule has 3 heterocycles. The first-order valence-corrected chi connectivity index (χ1v) is 8.56. The van der Waals surface area contributed by atoms with Crippen molar-refractivity contribution in [3.05, 3.63) is 51.2 Å². The van der Waals surface area contributed by atoms with Crippen molar-refractivity contribution in [3.8, 4) is 0 Å². The highest BCUT2D eigenvalue weighted by molar-refractivity contribution is 5.35. The van der Waals surface area contributed by atoms with Gasteiger partial charge in [-0.15, -0.1) is 0 Å². The summed E-state index contributed by atoms with van der Waals surface area (Å²) in [5.74, 6) is 1.42. The van der Waals surface area contributed by atoms with Gasteiger partial charge in [-0.05, 0) is 31.6 Å². The van der Waals surface area contributed by atoms with Crippen LogP contribution < -0.4 is 16.0 Å². The van der Waals surface area contributed by atoms with Crippen molar-refractivity contribution in [1.82, 2.24) is 19.5 Å². The molecule has 7 heteroatoms. The van der Waals surface area contributed by atoms with E-state index in [4.69, 9.17) is 0 Å². The Labute approximate surface area is 139 Å². The van der Waals surface area contributed by atoms with E-state index in [9.17, 15) is 9.59 Å². The zero-order chi connectivity index (χ0) is 16.5. The van der Waals surface area contributed by atoms with Crippen LogP contribution in [0.25, 0.3) is 0 Å². The minimum atomic E-state index is -0.146. The monoisotopic (exact) mass is 327 g/mol. The zero-order valence-electron chi connectivity index (χ0n) is 13.5. The molecule has 2 fully saturated rings. The molecule has 1 aliphatic heterocycles. The molecule has 1 saturated heterocycles. The number of aromatic amines is 1. The van der Waals surface area contributed by atoms with Crippen molar-refractivity contribution in [2.45, 2.75) is 38.1 Å². The summed E-state index contributed by atoms with van der Waals surface area (Å²) >= 11 is 0. The van der Waals surface area contributed by atoms with Gasteiger partial charge in [0.1, 0.15) is 0 Å². The summed E-state index contributed by atoms with van der Waals surface area (Å²) in [5, 5.41) is 0. The first kappa shape index (κ1) is 15.1. The van der Waals surface area contributed by atoms with Crippen LogP contribution in [0, 0.1) is 5.92 Å². The van der Waals surface area contributed by atoms with Crippen molar-refractivity contribution < 1.29 is 0 Å². The average Bonchev–Trinajstić information content (AvgIpc) is 3.43. The van der Waals surface area contributed by atoms with Gasteiger partial charge in [-0.25, -0.2) is 9.97 Å². The molecule has 126 valence electrons. The molecule has 0 aromatic carbocycles. The number of hydrogen-bond acceptors (Lipinski definition) is 5. The van der Waals surface area contributed by atoms with Crippen molar-refractivity contribution in [1.29, 1.82) is 0 Å². The lowest BCUT2D eigenvalue weighted by Gasteiger charge is -2.32. The number of piperidine rings is 1. The Morgan fingerprint density at radius 1 is 1.12 bits per heavy atom. The molecule has 2 aliphatic rings. The molecule has 24 heavy (non-hydrogen) atoms. The van der Waals surface area contributed by atoms with Gasteiger partial charge in [-0.3, -0.25) is 14.2 Å². The van der Waals surface area contributed by atoms with Crippen molar-refractivity contribution >= 4 is 5.82 Å². The van der Waals surface area contributed by atoms with E-state index in [2.05, 4.69) is 15.0 Å². The van der Waals surface area contributed by atoms with Crippen LogP contribution in [0.5, 0.6) is 0 Å². The number of H-pyrrole nitrogens is 1. The van der Waals surface area contributed by atoms with Gasteiger partial charge in [0.25, 0.3) is 11.1 Å². The summed E-state index contributed by atoms with van der Waals surface area (Å²) in [6.07, 6.45) is 9.04. The van der Waals surface area contributed by atoms with Gasteiger partial charge in [0.2, 0.25) is 0 Å². The number of aromatic nitrogens is 4. The number of hydrogen-bond donors (Lipinski definition) is 1. The fourth-order valence-corrected chi connectivity index (χ4v) is 3.35. The maximum atomic E-state index is 12.2. The van der Waals surface area contributed by atoms with Crippen LogP contribution in [0.4, 0.5) is 5.82 Å². The first-order valence-electron chi connectivity index (χ1n) is 8.56. The third-order valence-electron chi connectivity index (χ3n) is 4.95. The molecular formula is C17H21N5O2. The minimum absolute atomic E-state index is 0.0514. The molecule has 1 saturated carbocycles. The Morgan fingerprint density at radius 3 is 2.58 bits per heavy atom. The Hall–Kier alpha value is -2.44. The van der Waals surface area contributed by atoms with E-state index < -0.39 is 0 Å². The van der Waals surface area contributed by atoms with Crippen LogP contribution in [0.15, 0.2) is 34.4 Å². The summed E-state index contributed by atoms with van der Waals surface area (Å²) in [7, 11) is 0. The van der Waals surface area contributed by atoms with Crippen LogP contribution in [0.2, 0.25) is 0 Å². The lowest BCUT2D eigenvalue weighted by atomic mass is 9.96. The standard InChI is InChI=1S/C17H21N5O2/c23-15-9-14(13-1-2-13)20-11-22(15)10-12-3-7-21(8-4-12)16-17(24)19-6-5-18-16/h5-6,9,11-13H,1-4,7-8,10H2,(H,19,24). The van der Waals surface area contributed by atoms with E-state index in [1.165, 1.54) is 0 Å². The summed E-state index contributed by atoms with van der Waals surface area (Å²) in [6.45, 7) is 2.27. The third kappa shape index (κ3) is 3.11. The maximum absolute atomic E-state index is 12.2. The molecule has 0 atom stereocenters. The number of nitrogens with one attached hydrogen (secondary N) is 1. The van der Waals surface area contributed by atoms with Gasteiger partial charge < -0.3 is 9.88 Å². The molecule has 1 aliphatic carbocycles. The normalized spacial score (nSPS) is 18.8. The lowest BCUT2D eigenvalue weighted by Crippen LogP contribution is -2.39. The molecule has 0 amide bonds. The summed E-state index contributed by atoms with van der Waals surface area (Å²) in [4.78, 5) is 37.3. The number of anilines is 1. The summed E-state index contributed by atoms with van der Waals surface area (Å²) in [6, 6.07) is 1.69. The van der Waals surface area contributed by atoms with Crippen molar-refractivity contribution in [3.63, 3.8) is 0 Å². The molecule has 2 aromatic rings. The van der Waals surface area contributed by atoms with Crippen LogP contribution >= 0.6 is 0 Å². The molecular weight excluding hydrogens is 306 g/mol. The smallest absolute Gasteiger partial charge is 0.290 e. The van der Waals surface area contributed by atoms with Crippen molar-refractivity contribution in [2.75, 3.05) is 18.0 Å². The minimum Gasteiger partial charge on any atom is -0.352 e. The number of nitrogens with zero attached hydrogens (tertiary/aromatic N) is 4. The molecule has 0 unspecified atom stereocenters. The van der Waals surface area contributed by atoms with E-state index in [-0.39, 0.29) is 11.1 Å².